The number of hydrogen-bond donors (Lipinski definition) is 1. The molecule has 1 heterocycles. The normalized spacial score (nSPS) is 12.5. The average Bonchev–Trinajstić information content (AvgIpc) is 2.26. The Bertz CT molecular complexity index is 328. The van der Waals surface area contributed by atoms with Crippen molar-refractivity contribution >= 4 is 5.82 Å². The Labute approximate surface area is 104 Å². The van der Waals surface area contributed by atoms with E-state index in [0.717, 1.165) is 12.2 Å². The highest BCUT2D eigenvalue weighted by molar-refractivity contribution is 5.37. The third-order valence-corrected chi connectivity index (χ3v) is 2.38. The van der Waals surface area contributed by atoms with Crippen LogP contribution in [0, 0.1) is 0 Å². The minimum absolute atomic E-state index is 0.135. The monoisotopic (exact) mass is 237 g/mol. The second-order valence-electron chi connectivity index (χ2n) is 4.60. The van der Waals surface area contributed by atoms with Crippen molar-refractivity contribution in [1.29, 1.82) is 0 Å². The summed E-state index contributed by atoms with van der Waals surface area (Å²) in [6.07, 6.45) is 5.27. The largest absolute Gasteiger partial charge is 0.475 e. The summed E-state index contributed by atoms with van der Waals surface area (Å²) in [6, 6.07) is 2.28. The van der Waals surface area contributed by atoms with Crippen LogP contribution >= 0.6 is 0 Å². The maximum atomic E-state index is 5.53. The summed E-state index contributed by atoms with van der Waals surface area (Å²) < 4.78 is 5.53. The fourth-order valence-corrected chi connectivity index (χ4v) is 1.56. The van der Waals surface area contributed by atoms with Crippen molar-refractivity contribution in [2.75, 3.05) is 5.32 Å². The molecule has 0 saturated carbocycles. The van der Waals surface area contributed by atoms with E-state index in [1.807, 2.05) is 19.9 Å². The summed E-state index contributed by atoms with van der Waals surface area (Å²) in [4.78, 5) is 8.27. The van der Waals surface area contributed by atoms with Gasteiger partial charge >= 0.3 is 0 Å². The van der Waals surface area contributed by atoms with E-state index < -0.39 is 0 Å². The number of nitrogens with one attached hydrogen (secondary N) is 1. The van der Waals surface area contributed by atoms with E-state index in [1.54, 1.807) is 0 Å². The second-order valence-corrected chi connectivity index (χ2v) is 4.60. The van der Waals surface area contributed by atoms with Crippen LogP contribution < -0.4 is 10.1 Å². The molecule has 1 aromatic heterocycles. The highest BCUT2D eigenvalue weighted by atomic mass is 16.5. The number of nitrogens with zero attached hydrogens (tertiary/aromatic N) is 2. The lowest BCUT2D eigenvalue weighted by Gasteiger charge is -2.15. The molecule has 0 fully saturated rings. The molecule has 1 unspecified atom stereocenters. The first kappa shape index (κ1) is 13.7. The SMILES string of the molecule is CCCCC(C)Nc1cc(OC(C)C)ncn1. The van der Waals surface area contributed by atoms with Crippen molar-refractivity contribution in [1.82, 2.24) is 9.97 Å². The van der Waals surface area contributed by atoms with Crippen LogP contribution in [0.4, 0.5) is 5.82 Å². The minimum atomic E-state index is 0.135. The van der Waals surface area contributed by atoms with Crippen molar-refractivity contribution in [3.8, 4) is 5.88 Å². The van der Waals surface area contributed by atoms with E-state index in [1.165, 1.54) is 19.2 Å². The molecule has 0 aliphatic rings. The van der Waals surface area contributed by atoms with Gasteiger partial charge in [-0.15, -0.1) is 0 Å². The number of aromatic nitrogens is 2. The predicted molar refractivity (Wildman–Crippen MR) is 70.4 cm³/mol. The summed E-state index contributed by atoms with van der Waals surface area (Å²) in [5, 5.41) is 3.36. The van der Waals surface area contributed by atoms with Gasteiger partial charge in [-0.05, 0) is 27.2 Å². The summed E-state index contributed by atoms with van der Waals surface area (Å²) in [5.41, 5.74) is 0. The van der Waals surface area contributed by atoms with E-state index in [-0.39, 0.29) is 6.10 Å². The highest BCUT2D eigenvalue weighted by Crippen LogP contribution is 2.14. The van der Waals surface area contributed by atoms with E-state index in [0.29, 0.717) is 11.9 Å². The number of unbranched alkanes of at least 4 members (excludes halogenated alkanes) is 1. The zero-order chi connectivity index (χ0) is 12.7. The molecule has 1 rings (SSSR count). The Morgan fingerprint density at radius 1 is 1.29 bits per heavy atom. The fourth-order valence-electron chi connectivity index (χ4n) is 1.56. The summed E-state index contributed by atoms with van der Waals surface area (Å²) >= 11 is 0. The molecule has 17 heavy (non-hydrogen) atoms. The number of anilines is 1. The Kier molecular flexibility index (Phi) is 5.73. The lowest BCUT2D eigenvalue weighted by Crippen LogP contribution is -2.16. The average molecular weight is 237 g/mol. The predicted octanol–water partition coefficient (Wildman–Crippen LogP) is 3.25. The van der Waals surface area contributed by atoms with Crippen LogP contribution in [0.25, 0.3) is 0 Å². The first-order valence-corrected chi connectivity index (χ1v) is 6.37. The van der Waals surface area contributed by atoms with Crippen LogP contribution in [-0.4, -0.2) is 22.1 Å². The number of rotatable bonds is 7. The minimum Gasteiger partial charge on any atom is -0.475 e. The molecule has 0 saturated heterocycles. The maximum Gasteiger partial charge on any atom is 0.218 e. The highest BCUT2D eigenvalue weighted by Gasteiger charge is 2.05. The molecule has 0 aromatic carbocycles. The number of ether oxygens (including phenoxy) is 1. The van der Waals surface area contributed by atoms with E-state index in [4.69, 9.17) is 4.74 Å². The van der Waals surface area contributed by atoms with Gasteiger partial charge in [-0.25, -0.2) is 9.97 Å². The summed E-state index contributed by atoms with van der Waals surface area (Å²) in [5.74, 6) is 1.46. The molecule has 0 aliphatic carbocycles. The van der Waals surface area contributed by atoms with Crippen LogP contribution in [0.5, 0.6) is 5.88 Å². The van der Waals surface area contributed by atoms with Crippen molar-refractivity contribution in [3.05, 3.63) is 12.4 Å². The van der Waals surface area contributed by atoms with Crippen LogP contribution in [0.15, 0.2) is 12.4 Å². The van der Waals surface area contributed by atoms with Gasteiger partial charge < -0.3 is 10.1 Å². The number of hydrogen-bond acceptors (Lipinski definition) is 4. The second kappa shape index (κ2) is 7.09. The van der Waals surface area contributed by atoms with Crippen molar-refractivity contribution in [3.63, 3.8) is 0 Å². The zero-order valence-electron chi connectivity index (χ0n) is 11.2. The van der Waals surface area contributed by atoms with Gasteiger partial charge in [0, 0.05) is 12.1 Å². The van der Waals surface area contributed by atoms with Crippen LogP contribution in [0.1, 0.15) is 47.0 Å². The Morgan fingerprint density at radius 2 is 2.06 bits per heavy atom. The summed E-state index contributed by atoms with van der Waals surface area (Å²) in [7, 11) is 0. The van der Waals surface area contributed by atoms with Gasteiger partial charge in [0.25, 0.3) is 0 Å². The Hall–Kier alpha value is -1.32. The molecule has 4 heteroatoms. The van der Waals surface area contributed by atoms with E-state index in [9.17, 15) is 0 Å². The molecular formula is C13H23N3O. The lowest BCUT2D eigenvalue weighted by atomic mass is 10.1. The summed E-state index contributed by atoms with van der Waals surface area (Å²) in [6.45, 7) is 8.34. The quantitative estimate of drug-likeness (QED) is 0.790. The van der Waals surface area contributed by atoms with Crippen molar-refractivity contribution in [2.24, 2.45) is 0 Å². The molecule has 0 spiro atoms. The lowest BCUT2D eigenvalue weighted by molar-refractivity contribution is 0.232. The molecule has 0 aliphatic heterocycles. The first-order chi connectivity index (χ1) is 8.11. The third-order valence-electron chi connectivity index (χ3n) is 2.38. The van der Waals surface area contributed by atoms with Gasteiger partial charge in [0.2, 0.25) is 5.88 Å². The van der Waals surface area contributed by atoms with Gasteiger partial charge in [-0.3, -0.25) is 0 Å². The fraction of sp³-hybridized carbons (Fsp3) is 0.692. The molecule has 0 amide bonds. The Morgan fingerprint density at radius 3 is 2.71 bits per heavy atom. The van der Waals surface area contributed by atoms with Crippen LogP contribution in [0.3, 0.4) is 0 Å². The molecule has 96 valence electrons. The Balaban J connectivity index is 2.53. The smallest absolute Gasteiger partial charge is 0.218 e. The van der Waals surface area contributed by atoms with Crippen LogP contribution in [-0.2, 0) is 0 Å². The van der Waals surface area contributed by atoms with Gasteiger partial charge in [0.15, 0.2) is 0 Å². The maximum absolute atomic E-state index is 5.53. The molecule has 4 nitrogen and oxygen atoms in total. The zero-order valence-corrected chi connectivity index (χ0v) is 11.2. The van der Waals surface area contributed by atoms with E-state index >= 15 is 0 Å². The molecule has 0 bridgehead atoms. The van der Waals surface area contributed by atoms with E-state index in [2.05, 4.69) is 29.1 Å². The molecule has 0 radical (unpaired) electrons. The molecular weight excluding hydrogens is 214 g/mol. The van der Waals surface area contributed by atoms with Gasteiger partial charge in [-0.2, -0.15) is 0 Å². The van der Waals surface area contributed by atoms with Crippen molar-refractivity contribution < 1.29 is 4.74 Å². The molecule has 1 atom stereocenters. The van der Waals surface area contributed by atoms with Crippen molar-refractivity contribution in [2.45, 2.75) is 59.1 Å². The van der Waals surface area contributed by atoms with Gasteiger partial charge in [0.1, 0.15) is 12.1 Å². The topological polar surface area (TPSA) is 47.0 Å². The third kappa shape index (κ3) is 5.52. The van der Waals surface area contributed by atoms with Gasteiger partial charge in [-0.1, -0.05) is 19.8 Å². The molecule has 1 aromatic rings. The van der Waals surface area contributed by atoms with Crippen LogP contribution in [0.2, 0.25) is 0 Å². The standard InChI is InChI=1S/C13H23N3O/c1-5-6-7-11(4)16-12-8-13(15-9-14-12)17-10(2)3/h8-11H,5-7H2,1-4H3,(H,14,15,16). The van der Waals surface area contributed by atoms with Gasteiger partial charge in [0.05, 0.1) is 6.10 Å². The first-order valence-electron chi connectivity index (χ1n) is 6.37. The molecule has 1 N–H and O–H groups in total.